The van der Waals surface area contributed by atoms with Gasteiger partial charge in [-0.2, -0.15) is 0 Å². The summed E-state index contributed by atoms with van der Waals surface area (Å²) in [5.74, 6) is 0.732. The molecular formula is C9H24N2O. The molecule has 1 heterocycles. The van der Waals surface area contributed by atoms with Gasteiger partial charge in [0.15, 0.2) is 0 Å². The van der Waals surface area contributed by atoms with Crippen LogP contribution >= 0.6 is 0 Å². The average molecular weight is 176 g/mol. The van der Waals surface area contributed by atoms with Crippen LogP contribution in [0.1, 0.15) is 30.0 Å². The van der Waals surface area contributed by atoms with E-state index in [4.69, 9.17) is 0 Å². The maximum atomic E-state index is 10.5. The van der Waals surface area contributed by atoms with Crippen LogP contribution < -0.4 is 10.6 Å². The summed E-state index contributed by atoms with van der Waals surface area (Å²) in [6.45, 7) is 8.55. The van der Waals surface area contributed by atoms with Gasteiger partial charge in [-0.1, -0.05) is 13.8 Å². The Morgan fingerprint density at radius 2 is 2.33 bits per heavy atom. The van der Waals surface area contributed by atoms with E-state index in [0.717, 1.165) is 19.6 Å². The maximum Gasteiger partial charge on any atom is 0.216 e. The highest BCUT2D eigenvalue weighted by molar-refractivity contribution is 5.72. The molecule has 0 aromatic rings. The van der Waals surface area contributed by atoms with Gasteiger partial charge in [0.1, 0.15) is 0 Å². The van der Waals surface area contributed by atoms with Crippen molar-refractivity contribution in [2.45, 2.75) is 27.2 Å². The molecule has 0 spiro atoms. The number of nitrogens with one attached hydrogen (secondary N) is 2. The van der Waals surface area contributed by atoms with Crippen molar-refractivity contribution in [1.29, 1.82) is 0 Å². The fourth-order valence-corrected chi connectivity index (χ4v) is 1.18. The molecule has 0 aliphatic carbocycles. The maximum absolute atomic E-state index is 10.5. The molecule has 1 atom stereocenters. The summed E-state index contributed by atoms with van der Waals surface area (Å²) in [6, 6.07) is 0. The van der Waals surface area contributed by atoms with Gasteiger partial charge in [0, 0.05) is 16.3 Å². The highest BCUT2D eigenvalue weighted by atomic mass is 16.1. The summed E-state index contributed by atoms with van der Waals surface area (Å²) in [5.41, 5.74) is 0. The molecule has 1 rings (SSSR count). The van der Waals surface area contributed by atoms with Crippen LogP contribution in [0.5, 0.6) is 0 Å². The Labute approximate surface area is 77.9 Å². The van der Waals surface area contributed by atoms with Gasteiger partial charge < -0.3 is 10.6 Å². The van der Waals surface area contributed by atoms with E-state index in [1.165, 1.54) is 6.42 Å². The number of hydrogen-bond donors (Lipinski definition) is 2. The number of hydrogen-bond acceptors (Lipinski definition) is 2. The van der Waals surface area contributed by atoms with Crippen molar-refractivity contribution < 1.29 is 7.65 Å². The highest BCUT2D eigenvalue weighted by Crippen LogP contribution is 2.04. The molecule has 12 heavy (non-hydrogen) atoms. The summed E-state index contributed by atoms with van der Waals surface area (Å²) in [7, 11) is 0. The minimum Gasteiger partial charge on any atom is -0.356 e. The quantitative estimate of drug-likeness (QED) is 0.665. The first-order chi connectivity index (χ1) is 5.79. The van der Waals surface area contributed by atoms with Crippen LogP contribution in [0.4, 0.5) is 0 Å². The summed E-state index contributed by atoms with van der Waals surface area (Å²) in [6.07, 6.45) is 1.19. The van der Waals surface area contributed by atoms with Gasteiger partial charge in [0.2, 0.25) is 5.91 Å². The van der Waals surface area contributed by atoms with E-state index in [9.17, 15) is 4.79 Å². The summed E-state index contributed by atoms with van der Waals surface area (Å²) >= 11 is 0. The smallest absolute Gasteiger partial charge is 0.216 e. The Morgan fingerprint density at radius 3 is 2.75 bits per heavy atom. The molecule has 1 fully saturated rings. The van der Waals surface area contributed by atoms with E-state index in [0.29, 0.717) is 5.92 Å². The average Bonchev–Trinajstić information content (AvgIpc) is 2.56. The number of rotatable bonds is 2. The lowest BCUT2D eigenvalue weighted by atomic mass is 10.1. The SMILES string of the molecule is CC.CC(=O)NC[C@H]1CCNC1.[HH].[HH]. The molecular weight excluding hydrogens is 152 g/mol. The summed E-state index contributed by atoms with van der Waals surface area (Å²) in [4.78, 5) is 10.5. The van der Waals surface area contributed by atoms with E-state index in [1.807, 2.05) is 13.8 Å². The molecule has 3 nitrogen and oxygen atoms in total. The van der Waals surface area contributed by atoms with Crippen LogP contribution in [0.2, 0.25) is 0 Å². The van der Waals surface area contributed by atoms with Crippen LogP contribution in [0.3, 0.4) is 0 Å². The molecule has 0 radical (unpaired) electrons. The van der Waals surface area contributed by atoms with Gasteiger partial charge in [0.05, 0.1) is 0 Å². The molecule has 0 aromatic heterocycles. The lowest BCUT2D eigenvalue weighted by Gasteiger charge is -2.06. The second-order valence-electron chi connectivity index (χ2n) is 2.80. The zero-order valence-corrected chi connectivity index (χ0v) is 8.31. The van der Waals surface area contributed by atoms with Crippen LogP contribution in [-0.2, 0) is 4.79 Å². The molecule has 1 aliphatic heterocycles. The molecule has 2 N–H and O–H groups in total. The number of amides is 1. The molecule has 0 aromatic carbocycles. The third-order valence-electron chi connectivity index (χ3n) is 1.80. The molecule has 0 bridgehead atoms. The topological polar surface area (TPSA) is 41.1 Å². The number of carbonyl (C=O) groups is 1. The van der Waals surface area contributed by atoms with Gasteiger partial charge in [-0.15, -0.1) is 0 Å². The lowest BCUT2D eigenvalue weighted by molar-refractivity contribution is -0.119. The first-order valence-electron chi connectivity index (χ1n) is 4.74. The lowest BCUT2D eigenvalue weighted by Crippen LogP contribution is -2.27. The van der Waals surface area contributed by atoms with Crippen molar-refractivity contribution in [3.05, 3.63) is 0 Å². The Hall–Kier alpha value is -0.570. The number of carbonyl (C=O) groups excluding carboxylic acids is 1. The van der Waals surface area contributed by atoms with Crippen LogP contribution in [-0.4, -0.2) is 25.5 Å². The van der Waals surface area contributed by atoms with Crippen LogP contribution in [0, 0.1) is 5.92 Å². The van der Waals surface area contributed by atoms with E-state index >= 15 is 0 Å². The fraction of sp³-hybridized carbons (Fsp3) is 0.889. The minimum absolute atomic E-state index is 0. The van der Waals surface area contributed by atoms with Crippen molar-refractivity contribution in [3.8, 4) is 0 Å². The Bertz CT molecular complexity index is 128. The second-order valence-corrected chi connectivity index (χ2v) is 2.80. The predicted molar refractivity (Wildman–Crippen MR) is 55.2 cm³/mol. The molecule has 1 saturated heterocycles. The third kappa shape index (κ3) is 5.13. The van der Waals surface area contributed by atoms with Gasteiger partial charge >= 0.3 is 0 Å². The standard InChI is InChI=1S/C7H14N2O.C2H6.2H2/c1-6(10)9-5-7-2-3-8-4-7;1-2;;/h7-8H,2-5H2,1H3,(H,9,10);1-2H3;2*1H/t7-;;;/m0.../s1. The third-order valence-corrected chi connectivity index (χ3v) is 1.80. The van der Waals surface area contributed by atoms with Gasteiger partial charge in [-0.25, -0.2) is 0 Å². The van der Waals surface area contributed by atoms with Crippen LogP contribution in [0.15, 0.2) is 0 Å². The molecule has 0 saturated carbocycles. The predicted octanol–water partition coefficient (Wildman–Crippen LogP) is 1.25. The Balaban J connectivity index is -0.000000284. The molecule has 3 heteroatoms. The van der Waals surface area contributed by atoms with E-state index in [2.05, 4.69) is 10.6 Å². The Kier molecular flexibility index (Phi) is 6.76. The monoisotopic (exact) mass is 176 g/mol. The molecule has 1 amide bonds. The minimum atomic E-state index is 0. The van der Waals surface area contributed by atoms with Crippen molar-refractivity contribution in [1.82, 2.24) is 10.6 Å². The molecule has 76 valence electrons. The van der Waals surface area contributed by atoms with E-state index < -0.39 is 0 Å². The second kappa shape index (κ2) is 7.10. The zero-order chi connectivity index (χ0) is 9.40. The Morgan fingerprint density at radius 1 is 1.67 bits per heavy atom. The van der Waals surface area contributed by atoms with Crippen molar-refractivity contribution in [2.24, 2.45) is 5.92 Å². The molecule has 0 unspecified atom stereocenters. The summed E-state index contributed by atoms with van der Waals surface area (Å²) in [5, 5.41) is 6.05. The van der Waals surface area contributed by atoms with Gasteiger partial charge in [-0.3, -0.25) is 4.79 Å². The first-order valence-corrected chi connectivity index (χ1v) is 4.74. The van der Waals surface area contributed by atoms with Crippen molar-refractivity contribution in [2.75, 3.05) is 19.6 Å². The van der Waals surface area contributed by atoms with Gasteiger partial charge in [0.25, 0.3) is 0 Å². The van der Waals surface area contributed by atoms with E-state index in [1.54, 1.807) is 6.92 Å². The largest absolute Gasteiger partial charge is 0.356 e. The van der Waals surface area contributed by atoms with Crippen LogP contribution in [0.25, 0.3) is 0 Å². The van der Waals surface area contributed by atoms with Gasteiger partial charge in [-0.05, 0) is 25.4 Å². The summed E-state index contributed by atoms with van der Waals surface area (Å²) < 4.78 is 0. The van der Waals surface area contributed by atoms with Crippen molar-refractivity contribution in [3.63, 3.8) is 0 Å². The van der Waals surface area contributed by atoms with E-state index in [-0.39, 0.29) is 8.76 Å². The first kappa shape index (κ1) is 11.4. The fourth-order valence-electron chi connectivity index (χ4n) is 1.18. The highest BCUT2D eigenvalue weighted by Gasteiger charge is 2.13. The normalized spacial score (nSPS) is 21.1. The molecule has 1 aliphatic rings. The van der Waals surface area contributed by atoms with Crippen molar-refractivity contribution >= 4 is 5.91 Å². The zero-order valence-electron chi connectivity index (χ0n) is 8.31.